The topological polar surface area (TPSA) is 69.6 Å². The number of fused-ring (bicyclic) bond motifs is 1. The maximum Gasteiger partial charge on any atom is 0.416 e. The average Bonchev–Trinajstić information content (AvgIpc) is 2.86. The molecule has 5 nitrogen and oxygen atoms in total. The van der Waals surface area contributed by atoms with Crippen LogP contribution >= 0.6 is 0 Å². The molecule has 0 atom stereocenters. The van der Waals surface area contributed by atoms with Crippen molar-refractivity contribution in [1.29, 1.82) is 0 Å². The van der Waals surface area contributed by atoms with Crippen LogP contribution in [0.5, 0.6) is 0 Å². The Labute approximate surface area is 123 Å². The number of benzene rings is 1. The lowest BCUT2D eigenvalue weighted by molar-refractivity contribution is -0.137. The summed E-state index contributed by atoms with van der Waals surface area (Å²) < 4.78 is 40.6. The SMILES string of the molecule is Cn1cnc2nc(-c3cc(CN)cc(C(F)(F)F)c3)ncc21. The average molecular weight is 307 g/mol. The number of imidazole rings is 1. The van der Waals surface area contributed by atoms with Crippen molar-refractivity contribution >= 4 is 11.2 Å². The fourth-order valence-electron chi connectivity index (χ4n) is 2.16. The highest BCUT2D eigenvalue weighted by Gasteiger charge is 2.31. The molecule has 2 aromatic heterocycles. The highest BCUT2D eigenvalue weighted by Crippen LogP contribution is 2.32. The van der Waals surface area contributed by atoms with E-state index in [1.165, 1.54) is 6.20 Å². The van der Waals surface area contributed by atoms with Gasteiger partial charge in [0.2, 0.25) is 0 Å². The van der Waals surface area contributed by atoms with E-state index in [1.807, 2.05) is 0 Å². The zero-order chi connectivity index (χ0) is 15.9. The van der Waals surface area contributed by atoms with E-state index in [1.54, 1.807) is 24.0 Å². The van der Waals surface area contributed by atoms with E-state index in [2.05, 4.69) is 15.0 Å². The van der Waals surface area contributed by atoms with Crippen LogP contribution < -0.4 is 5.73 Å². The minimum absolute atomic E-state index is 0.00273. The minimum Gasteiger partial charge on any atom is -0.331 e. The molecule has 0 aliphatic heterocycles. The monoisotopic (exact) mass is 307 g/mol. The van der Waals surface area contributed by atoms with Gasteiger partial charge >= 0.3 is 6.18 Å². The first-order chi connectivity index (χ1) is 10.4. The van der Waals surface area contributed by atoms with Crippen LogP contribution in [0, 0.1) is 0 Å². The number of alkyl halides is 3. The molecule has 2 N–H and O–H groups in total. The lowest BCUT2D eigenvalue weighted by Gasteiger charge is -2.11. The van der Waals surface area contributed by atoms with Crippen LogP contribution in [0.1, 0.15) is 11.1 Å². The molecule has 0 aliphatic rings. The van der Waals surface area contributed by atoms with Gasteiger partial charge in [-0.2, -0.15) is 13.2 Å². The van der Waals surface area contributed by atoms with Crippen LogP contribution in [0.3, 0.4) is 0 Å². The van der Waals surface area contributed by atoms with Crippen molar-refractivity contribution < 1.29 is 13.2 Å². The van der Waals surface area contributed by atoms with Crippen molar-refractivity contribution in [2.75, 3.05) is 0 Å². The largest absolute Gasteiger partial charge is 0.416 e. The van der Waals surface area contributed by atoms with Crippen LogP contribution in [-0.2, 0) is 19.8 Å². The lowest BCUT2D eigenvalue weighted by atomic mass is 10.0. The summed E-state index contributed by atoms with van der Waals surface area (Å²) in [6.07, 6.45) is -1.34. The fourth-order valence-corrected chi connectivity index (χ4v) is 2.16. The van der Waals surface area contributed by atoms with Crippen molar-refractivity contribution in [3.05, 3.63) is 41.9 Å². The summed E-state index contributed by atoms with van der Waals surface area (Å²) in [5.74, 6) is 0.187. The number of nitrogens with two attached hydrogens (primary N) is 1. The molecular weight excluding hydrogens is 295 g/mol. The first-order valence-electron chi connectivity index (χ1n) is 6.44. The molecule has 0 aliphatic carbocycles. The van der Waals surface area contributed by atoms with Gasteiger partial charge in [-0.05, 0) is 23.8 Å². The Hall–Kier alpha value is -2.48. The third-order valence-corrected chi connectivity index (χ3v) is 3.30. The Balaban J connectivity index is 2.16. The van der Waals surface area contributed by atoms with Crippen LogP contribution in [-0.4, -0.2) is 19.5 Å². The summed E-state index contributed by atoms with van der Waals surface area (Å²) in [6, 6.07) is 3.60. The van der Waals surface area contributed by atoms with Gasteiger partial charge in [-0.3, -0.25) is 0 Å². The summed E-state index contributed by atoms with van der Waals surface area (Å²) in [4.78, 5) is 12.4. The molecule has 0 bridgehead atoms. The van der Waals surface area contributed by atoms with Gasteiger partial charge in [0, 0.05) is 19.2 Å². The molecule has 1 aromatic carbocycles. The van der Waals surface area contributed by atoms with E-state index in [4.69, 9.17) is 5.73 Å². The van der Waals surface area contributed by atoms with Crippen molar-refractivity contribution in [3.8, 4) is 11.4 Å². The van der Waals surface area contributed by atoms with E-state index < -0.39 is 11.7 Å². The lowest BCUT2D eigenvalue weighted by Crippen LogP contribution is -2.08. The normalized spacial score (nSPS) is 12.0. The number of nitrogens with zero attached hydrogens (tertiary/aromatic N) is 4. The van der Waals surface area contributed by atoms with E-state index in [0.717, 1.165) is 12.1 Å². The number of aryl methyl sites for hydroxylation is 1. The molecule has 0 amide bonds. The molecular formula is C14H12F3N5. The van der Waals surface area contributed by atoms with Crippen LogP contribution in [0.25, 0.3) is 22.6 Å². The molecule has 0 spiro atoms. The van der Waals surface area contributed by atoms with Gasteiger partial charge in [-0.25, -0.2) is 15.0 Å². The summed E-state index contributed by atoms with van der Waals surface area (Å²) in [5, 5.41) is 0. The maximum absolute atomic E-state index is 13.0. The molecule has 0 saturated carbocycles. The van der Waals surface area contributed by atoms with Crippen molar-refractivity contribution in [3.63, 3.8) is 0 Å². The molecule has 8 heteroatoms. The molecule has 0 radical (unpaired) electrons. The van der Waals surface area contributed by atoms with E-state index in [-0.39, 0.29) is 17.9 Å². The Kier molecular flexibility index (Phi) is 3.32. The predicted molar refractivity (Wildman–Crippen MR) is 74.6 cm³/mol. The molecule has 2 heterocycles. The summed E-state index contributed by atoms with van der Waals surface area (Å²) in [7, 11) is 1.79. The van der Waals surface area contributed by atoms with E-state index in [9.17, 15) is 13.2 Å². The van der Waals surface area contributed by atoms with E-state index >= 15 is 0 Å². The quantitative estimate of drug-likeness (QED) is 0.790. The van der Waals surface area contributed by atoms with E-state index in [0.29, 0.717) is 16.7 Å². The second-order valence-electron chi connectivity index (χ2n) is 4.88. The highest BCUT2D eigenvalue weighted by molar-refractivity contribution is 5.73. The third kappa shape index (κ3) is 2.52. The smallest absolute Gasteiger partial charge is 0.331 e. The molecule has 3 rings (SSSR count). The van der Waals surface area contributed by atoms with Crippen LogP contribution in [0.15, 0.2) is 30.7 Å². The van der Waals surface area contributed by atoms with Gasteiger partial charge in [0.1, 0.15) is 5.52 Å². The molecule has 114 valence electrons. The van der Waals surface area contributed by atoms with Crippen LogP contribution in [0.2, 0.25) is 0 Å². The summed E-state index contributed by atoms with van der Waals surface area (Å²) >= 11 is 0. The minimum atomic E-state index is -4.45. The highest BCUT2D eigenvalue weighted by atomic mass is 19.4. The first kappa shape index (κ1) is 14.5. The molecule has 3 aromatic rings. The first-order valence-corrected chi connectivity index (χ1v) is 6.44. The van der Waals surface area contributed by atoms with Gasteiger partial charge in [-0.15, -0.1) is 0 Å². The van der Waals surface area contributed by atoms with Gasteiger partial charge in [0.15, 0.2) is 11.5 Å². The van der Waals surface area contributed by atoms with Crippen molar-refractivity contribution in [2.24, 2.45) is 12.8 Å². The van der Waals surface area contributed by atoms with Gasteiger partial charge < -0.3 is 10.3 Å². The zero-order valence-corrected chi connectivity index (χ0v) is 11.6. The van der Waals surface area contributed by atoms with Crippen LogP contribution in [0.4, 0.5) is 13.2 Å². The maximum atomic E-state index is 13.0. The third-order valence-electron chi connectivity index (χ3n) is 3.30. The number of hydrogen-bond acceptors (Lipinski definition) is 4. The molecule has 0 saturated heterocycles. The number of rotatable bonds is 2. The Morgan fingerprint density at radius 2 is 1.95 bits per heavy atom. The van der Waals surface area contributed by atoms with Gasteiger partial charge in [0.25, 0.3) is 0 Å². The molecule has 22 heavy (non-hydrogen) atoms. The second kappa shape index (κ2) is 5.06. The summed E-state index contributed by atoms with van der Waals surface area (Å²) in [6.45, 7) is 0.00273. The standard InChI is InChI=1S/C14H12F3N5/c1-22-7-20-13-11(22)6-19-12(21-13)9-2-8(5-18)3-10(4-9)14(15,16)17/h2-4,6-7H,5,18H2,1H3. The number of aromatic nitrogens is 4. The Bertz CT molecular complexity index is 838. The Morgan fingerprint density at radius 1 is 1.18 bits per heavy atom. The number of halogens is 3. The zero-order valence-electron chi connectivity index (χ0n) is 11.6. The molecule has 0 unspecified atom stereocenters. The second-order valence-corrected chi connectivity index (χ2v) is 4.88. The van der Waals surface area contributed by atoms with Gasteiger partial charge in [0.05, 0.1) is 18.1 Å². The fraction of sp³-hybridized carbons (Fsp3) is 0.214. The van der Waals surface area contributed by atoms with Crippen molar-refractivity contribution in [1.82, 2.24) is 19.5 Å². The van der Waals surface area contributed by atoms with Crippen molar-refractivity contribution in [2.45, 2.75) is 12.7 Å². The Morgan fingerprint density at radius 3 is 2.64 bits per heavy atom. The van der Waals surface area contributed by atoms with Gasteiger partial charge in [-0.1, -0.05) is 0 Å². The number of hydrogen-bond donors (Lipinski definition) is 1. The summed E-state index contributed by atoms with van der Waals surface area (Å²) in [5.41, 5.74) is 6.48. The predicted octanol–water partition coefficient (Wildman–Crippen LogP) is 2.51. The molecule has 0 fully saturated rings.